The third-order valence-electron chi connectivity index (χ3n) is 2.63. The van der Waals surface area contributed by atoms with Crippen molar-refractivity contribution in [2.24, 2.45) is 0 Å². The summed E-state index contributed by atoms with van der Waals surface area (Å²) in [5.41, 5.74) is 1.35. The van der Waals surface area contributed by atoms with Crippen molar-refractivity contribution in [1.29, 1.82) is 5.26 Å². The van der Waals surface area contributed by atoms with E-state index in [4.69, 9.17) is 21.6 Å². The molecule has 2 heterocycles. The van der Waals surface area contributed by atoms with Crippen LogP contribution < -0.4 is 4.74 Å². The summed E-state index contributed by atoms with van der Waals surface area (Å²) in [6, 6.07) is 9.02. The van der Waals surface area contributed by atoms with Gasteiger partial charge >= 0.3 is 0 Å². The maximum atomic E-state index is 8.87. The number of fused-ring (bicyclic) bond motifs is 1. The normalized spacial score (nSPS) is 10.5. The molecule has 4 nitrogen and oxygen atoms in total. The number of nitriles is 1. The highest BCUT2D eigenvalue weighted by Gasteiger charge is 2.14. The van der Waals surface area contributed by atoms with Crippen LogP contribution in [0.1, 0.15) is 11.3 Å². The van der Waals surface area contributed by atoms with Gasteiger partial charge in [-0.15, -0.1) is 22.9 Å². The maximum absolute atomic E-state index is 8.87. The van der Waals surface area contributed by atoms with Gasteiger partial charge < -0.3 is 4.74 Å². The Hall–Kier alpha value is -2.03. The Bertz CT molecular complexity index is 772. The van der Waals surface area contributed by atoms with E-state index in [1.807, 2.05) is 16.0 Å². The van der Waals surface area contributed by atoms with Crippen LogP contribution in [0.15, 0.2) is 35.8 Å². The number of imidazole rings is 1. The molecule has 0 unspecified atom stereocenters. The van der Waals surface area contributed by atoms with Crippen LogP contribution in [0.4, 0.5) is 0 Å². The molecule has 0 bridgehead atoms. The summed E-state index contributed by atoms with van der Waals surface area (Å²) >= 11 is 7.46. The monoisotopic (exact) mass is 289 g/mol. The third kappa shape index (κ3) is 2.16. The second kappa shape index (κ2) is 4.92. The molecule has 0 radical (unpaired) electrons. The van der Waals surface area contributed by atoms with Crippen LogP contribution >= 0.6 is 22.9 Å². The van der Waals surface area contributed by atoms with Gasteiger partial charge in [0, 0.05) is 11.6 Å². The lowest BCUT2D eigenvalue weighted by Crippen LogP contribution is -1.91. The van der Waals surface area contributed by atoms with Crippen LogP contribution in [0.25, 0.3) is 4.96 Å². The van der Waals surface area contributed by atoms with Crippen LogP contribution in [0.3, 0.4) is 0 Å². The van der Waals surface area contributed by atoms with Gasteiger partial charge in [-0.2, -0.15) is 10.2 Å². The van der Waals surface area contributed by atoms with Gasteiger partial charge in [-0.05, 0) is 18.2 Å². The standard InChI is InChI=1S/C13H8ClN3OS/c14-7-11-12(16-13-17(11)4-5-19-13)18-10-3-1-2-9(6-10)8-15/h1-6H,7H2. The summed E-state index contributed by atoms with van der Waals surface area (Å²) in [6.45, 7) is 0. The van der Waals surface area contributed by atoms with E-state index in [1.54, 1.807) is 24.3 Å². The zero-order valence-electron chi connectivity index (χ0n) is 9.71. The van der Waals surface area contributed by atoms with E-state index in [9.17, 15) is 0 Å². The Morgan fingerprint density at radius 1 is 1.47 bits per heavy atom. The molecule has 0 aliphatic carbocycles. The molecule has 19 heavy (non-hydrogen) atoms. The minimum Gasteiger partial charge on any atom is -0.437 e. The number of rotatable bonds is 3. The number of halogens is 1. The van der Waals surface area contributed by atoms with Crippen molar-refractivity contribution >= 4 is 27.9 Å². The maximum Gasteiger partial charge on any atom is 0.243 e. The first-order valence-electron chi connectivity index (χ1n) is 5.50. The fraction of sp³-hybridized carbons (Fsp3) is 0.0769. The first-order chi connectivity index (χ1) is 9.31. The number of alkyl halides is 1. The smallest absolute Gasteiger partial charge is 0.243 e. The van der Waals surface area contributed by atoms with Crippen molar-refractivity contribution in [2.75, 3.05) is 0 Å². The van der Waals surface area contributed by atoms with Crippen LogP contribution in [0.2, 0.25) is 0 Å². The molecule has 0 saturated heterocycles. The number of aromatic nitrogens is 2. The van der Waals surface area contributed by atoms with E-state index in [-0.39, 0.29) is 0 Å². The lowest BCUT2D eigenvalue weighted by Gasteiger charge is -2.04. The van der Waals surface area contributed by atoms with Gasteiger partial charge in [0.2, 0.25) is 5.88 Å². The Kier molecular flexibility index (Phi) is 3.11. The minimum absolute atomic E-state index is 0.311. The van der Waals surface area contributed by atoms with Gasteiger partial charge in [0.05, 0.1) is 17.5 Å². The van der Waals surface area contributed by atoms with Crippen molar-refractivity contribution in [3.8, 4) is 17.7 Å². The Morgan fingerprint density at radius 3 is 3.16 bits per heavy atom. The number of ether oxygens (including phenoxy) is 1. The molecule has 2 aromatic heterocycles. The van der Waals surface area contributed by atoms with Gasteiger partial charge in [0.1, 0.15) is 11.4 Å². The summed E-state index contributed by atoms with van der Waals surface area (Å²) in [5.74, 6) is 1.37. The van der Waals surface area contributed by atoms with Crippen LogP contribution in [0, 0.1) is 11.3 Å². The summed E-state index contributed by atoms with van der Waals surface area (Å²) in [6.07, 6.45) is 1.91. The molecular formula is C13H8ClN3OS. The average molecular weight is 290 g/mol. The Morgan fingerprint density at radius 2 is 2.37 bits per heavy atom. The highest BCUT2D eigenvalue weighted by atomic mass is 35.5. The first-order valence-corrected chi connectivity index (χ1v) is 6.91. The first kappa shape index (κ1) is 12.0. The third-order valence-corrected chi connectivity index (χ3v) is 3.64. The fourth-order valence-electron chi connectivity index (χ4n) is 1.76. The summed E-state index contributed by atoms with van der Waals surface area (Å²) in [4.78, 5) is 5.22. The van der Waals surface area contributed by atoms with Gasteiger partial charge in [0.15, 0.2) is 4.96 Å². The number of nitrogens with zero attached hydrogens (tertiary/aromatic N) is 3. The van der Waals surface area contributed by atoms with Crippen molar-refractivity contribution in [3.63, 3.8) is 0 Å². The lowest BCUT2D eigenvalue weighted by molar-refractivity contribution is 0.461. The van der Waals surface area contributed by atoms with Crippen LogP contribution in [-0.4, -0.2) is 9.38 Å². The molecule has 0 saturated carbocycles. The van der Waals surface area contributed by atoms with Crippen LogP contribution in [0.5, 0.6) is 11.6 Å². The molecule has 0 atom stereocenters. The predicted octanol–water partition coefficient (Wildman–Crippen LogP) is 3.80. The van der Waals surface area contributed by atoms with E-state index in [0.717, 1.165) is 10.7 Å². The zero-order valence-corrected chi connectivity index (χ0v) is 11.3. The molecule has 0 aliphatic heterocycles. The minimum atomic E-state index is 0.311. The van der Waals surface area contributed by atoms with Gasteiger partial charge in [-0.1, -0.05) is 6.07 Å². The highest BCUT2D eigenvalue weighted by molar-refractivity contribution is 7.15. The van der Waals surface area contributed by atoms with Gasteiger partial charge in [-0.25, -0.2) is 0 Å². The summed E-state index contributed by atoms with van der Waals surface area (Å²) < 4.78 is 7.63. The molecule has 94 valence electrons. The number of benzene rings is 1. The molecule has 6 heteroatoms. The topological polar surface area (TPSA) is 50.3 Å². The fourth-order valence-corrected chi connectivity index (χ4v) is 2.72. The van der Waals surface area contributed by atoms with Crippen molar-refractivity contribution in [2.45, 2.75) is 5.88 Å². The van der Waals surface area contributed by atoms with Crippen molar-refractivity contribution < 1.29 is 4.74 Å². The quantitative estimate of drug-likeness (QED) is 0.689. The molecule has 0 fully saturated rings. The molecule has 0 N–H and O–H groups in total. The lowest BCUT2D eigenvalue weighted by atomic mass is 10.2. The Balaban J connectivity index is 2.00. The van der Waals surface area contributed by atoms with E-state index in [2.05, 4.69) is 11.1 Å². The molecule has 0 spiro atoms. The van der Waals surface area contributed by atoms with E-state index in [0.29, 0.717) is 23.1 Å². The second-order valence-electron chi connectivity index (χ2n) is 3.79. The second-order valence-corrected chi connectivity index (χ2v) is 4.93. The predicted molar refractivity (Wildman–Crippen MR) is 73.9 cm³/mol. The average Bonchev–Trinajstić information content (AvgIpc) is 2.99. The van der Waals surface area contributed by atoms with E-state index < -0.39 is 0 Å². The number of hydrogen-bond acceptors (Lipinski definition) is 4. The largest absolute Gasteiger partial charge is 0.437 e. The molecular weight excluding hydrogens is 282 g/mol. The SMILES string of the molecule is N#Cc1cccc(Oc2nc3sccn3c2CCl)c1. The number of hydrogen-bond donors (Lipinski definition) is 0. The molecule has 0 aliphatic rings. The Labute approximate surface area is 118 Å². The molecule has 1 aromatic carbocycles. The van der Waals surface area contributed by atoms with Crippen molar-refractivity contribution in [1.82, 2.24) is 9.38 Å². The number of thiazole rings is 1. The zero-order chi connectivity index (χ0) is 13.2. The summed E-state index contributed by atoms with van der Waals surface area (Å²) in [5, 5.41) is 10.8. The summed E-state index contributed by atoms with van der Waals surface area (Å²) in [7, 11) is 0. The molecule has 3 rings (SSSR count). The highest BCUT2D eigenvalue weighted by Crippen LogP contribution is 2.29. The van der Waals surface area contributed by atoms with Crippen LogP contribution in [-0.2, 0) is 5.88 Å². The molecule has 3 aromatic rings. The van der Waals surface area contributed by atoms with Gasteiger partial charge in [0.25, 0.3) is 0 Å². The van der Waals surface area contributed by atoms with E-state index >= 15 is 0 Å². The molecule has 0 amide bonds. The van der Waals surface area contributed by atoms with E-state index in [1.165, 1.54) is 11.3 Å². The van der Waals surface area contributed by atoms with Crippen molar-refractivity contribution in [3.05, 3.63) is 47.1 Å². The van der Waals surface area contributed by atoms with Gasteiger partial charge in [-0.3, -0.25) is 4.40 Å².